The summed E-state index contributed by atoms with van der Waals surface area (Å²) in [7, 11) is 0. The Balaban J connectivity index is 1.52. The van der Waals surface area contributed by atoms with Crippen molar-refractivity contribution in [1.82, 2.24) is 10.3 Å². The molecule has 28 heavy (non-hydrogen) atoms. The Bertz CT molecular complexity index is 924. The molecule has 0 bridgehead atoms. The Hall–Kier alpha value is -2.73. The van der Waals surface area contributed by atoms with Crippen molar-refractivity contribution in [1.29, 1.82) is 0 Å². The summed E-state index contributed by atoms with van der Waals surface area (Å²) in [6.45, 7) is 4.34. The van der Waals surface area contributed by atoms with Crippen molar-refractivity contribution in [2.45, 2.75) is 32.8 Å². The number of amides is 1. The standard InChI is InChI=1S/C22H23FN2O2S/c1-3-19(27-20-7-5-4-6-18(20)23)21(26)24-13-12-17-14-28-22(25-17)16-10-8-15(2)9-11-16/h4-11,14,19H,3,12-13H2,1-2H3,(H,24,26). The fourth-order valence-corrected chi connectivity index (χ4v) is 3.55. The van der Waals surface area contributed by atoms with Crippen molar-refractivity contribution in [2.75, 3.05) is 6.54 Å². The number of rotatable bonds is 8. The fraction of sp³-hybridized carbons (Fsp3) is 0.273. The van der Waals surface area contributed by atoms with Gasteiger partial charge in [-0.3, -0.25) is 4.79 Å². The number of nitrogens with one attached hydrogen (secondary N) is 1. The Morgan fingerprint density at radius 1 is 1.21 bits per heavy atom. The number of aryl methyl sites for hydroxylation is 1. The van der Waals surface area contributed by atoms with Gasteiger partial charge in [0.1, 0.15) is 5.01 Å². The van der Waals surface area contributed by atoms with E-state index < -0.39 is 11.9 Å². The molecule has 6 heteroatoms. The summed E-state index contributed by atoms with van der Waals surface area (Å²) < 4.78 is 19.3. The van der Waals surface area contributed by atoms with Crippen LogP contribution in [0.1, 0.15) is 24.6 Å². The molecule has 0 aliphatic carbocycles. The van der Waals surface area contributed by atoms with Gasteiger partial charge >= 0.3 is 0 Å². The van der Waals surface area contributed by atoms with Crippen molar-refractivity contribution in [3.63, 3.8) is 0 Å². The van der Waals surface area contributed by atoms with Gasteiger partial charge in [-0.25, -0.2) is 9.37 Å². The maximum Gasteiger partial charge on any atom is 0.261 e. The number of halogens is 1. The number of carbonyl (C=O) groups excluding carboxylic acids is 1. The molecular weight excluding hydrogens is 375 g/mol. The molecule has 4 nitrogen and oxygen atoms in total. The number of para-hydroxylation sites is 1. The predicted octanol–water partition coefficient (Wildman–Crippen LogP) is 4.77. The lowest BCUT2D eigenvalue weighted by molar-refractivity contribution is -0.128. The molecular formula is C22H23FN2O2S. The molecule has 1 unspecified atom stereocenters. The van der Waals surface area contributed by atoms with Crippen LogP contribution in [0.5, 0.6) is 5.75 Å². The molecule has 0 spiro atoms. The van der Waals surface area contributed by atoms with Crippen molar-refractivity contribution in [3.05, 3.63) is 71.0 Å². The van der Waals surface area contributed by atoms with Crippen molar-refractivity contribution in [3.8, 4) is 16.3 Å². The van der Waals surface area contributed by atoms with Gasteiger partial charge in [-0.2, -0.15) is 0 Å². The molecule has 1 N–H and O–H groups in total. The lowest BCUT2D eigenvalue weighted by atomic mass is 10.2. The lowest BCUT2D eigenvalue weighted by Gasteiger charge is -2.17. The number of carbonyl (C=O) groups is 1. The number of hydrogen-bond donors (Lipinski definition) is 1. The zero-order valence-electron chi connectivity index (χ0n) is 15.9. The summed E-state index contributed by atoms with van der Waals surface area (Å²) in [6, 6.07) is 14.4. The first-order valence-corrected chi connectivity index (χ1v) is 10.1. The smallest absolute Gasteiger partial charge is 0.261 e. The second-order valence-corrected chi connectivity index (χ2v) is 7.35. The average Bonchev–Trinajstić information content (AvgIpc) is 3.16. The first-order valence-electron chi connectivity index (χ1n) is 9.27. The number of ether oxygens (including phenoxy) is 1. The van der Waals surface area contributed by atoms with Crippen molar-refractivity contribution in [2.24, 2.45) is 0 Å². The van der Waals surface area contributed by atoms with E-state index >= 15 is 0 Å². The Morgan fingerprint density at radius 3 is 2.68 bits per heavy atom. The molecule has 146 valence electrons. The summed E-state index contributed by atoms with van der Waals surface area (Å²) in [4.78, 5) is 17.0. The third kappa shape index (κ3) is 5.16. The van der Waals surface area contributed by atoms with Gasteiger partial charge in [-0.05, 0) is 25.5 Å². The van der Waals surface area contributed by atoms with Crippen LogP contribution in [0.15, 0.2) is 53.9 Å². The van der Waals surface area contributed by atoms with E-state index in [1.165, 1.54) is 17.7 Å². The minimum Gasteiger partial charge on any atom is -0.478 e. The van der Waals surface area contributed by atoms with Crippen LogP contribution in [-0.4, -0.2) is 23.5 Å². The van der Waals surface area contributed by atoms with Crippen molar-refractivity contribution >= 4 is 17.2 Å². The van der Waals surface area contributed by atoms with Crippen LogP contribution in [0, 0.1) is 12.7 Å². The number of aromatic nitrogens is 1. The van der Waals surface area contributed by atoms with Gasteiger partial charge in [0.05, 0.1) is 5.69 Å². The van der Waals surface area contributed by atoms with E-state index in [1.807, 2.05) is 12.3 Å². The molecule has 0 saturated carbocycles. The summed E-state index contributed by atoms with van der Waals surface area (Å²) in [5.41, 5.74) is 3.24. The maximum absolute atomic E-state index is 13.7. The molecule has 0 fully saturated rings. The van der Waals surface area contributed by atoms with Gasteiger partial charge in [-0.15, -0.1) is 11.3 Å². The van der Waals surface area contributed by atoms with Gasteiger partial charge in [0.25, 0.3) is 5.91 Å². The molecule has 1 amide bonds. The second kappa shape index (κ2) is 9.46. The largest absolute Gasteiger partial charge is 0.478 e. The molecule has 1 heterocycles. The van der Waals surface area contributed by atoms with Crippen LogP contribution in [0.2, 0.25) is 0 Å². The van der Waals surface area contributed by atoms with Crippen LogP contribution < -0.4 is 10.1 Å². The quantitative estimate of drug-likeness (QED) is 0.594. The fourth-order valence-electron chi connectivity index (χ4n) is 2.69. The topological polar surface area (TPSA) is 51.2 Å². The maximum atomic E-state index is 13.7. The van der Waals surface area contributed by atoms with E-state index in [1.54, 1.807) is 23.5 Å². The summed E-state index contributed by atoms with van der Waals surface area (Å²) in [5, 5.41) is 5.83. The van der Waals surface area contributed by atoms with E-state index in [0.29, 0.717) is 19.4 Å². The van der Waals surface area contributed by atoms with E-state index in [2.05, 4.69) is 41.5 Å². The Kier molecular flexibility index (Phi) is 6.76. The van der Waals surface area contributed by atoms with Crippen LogP contribution in [0.25, 0.3) is 10.6 Å². The molecule has 3 rings (SSSR count). The first kappa shape index (κ1) is 20.0. The highest BCUT2D eigenvalue weighted by Gasteiger charge is 2.19. The zero-order valence-corrected chi connectivity index (χ0v) is 16.8. The highest BCUT2D eigenvalue weighted by atomic mass is 32.1. The molecule has 0 aliphatic rings. The normalized spacial score (nSPS) is 11.8. The summed E-state index contributed by atoms with van der Waals surface area (Å²) in [5.74, 6) is -0.633. The summed E-state index contributed by atoms with van der Waals surface area (Å²) in [6.07, 6.45) is 0.356. The van der Waals surface area contributed by atoms with Gasteiger partial charge in [-0.1, -0.05) is 48.9 Å². The summed E-state index contributed by atoms with van der Waals surface area (Å²) >= 11 is 1.59. The minimum atomic E-state index is -0.726. The number of hydrogen-bond acceptors (Lipinski definition) is 4. The lowest BCUT2D eigenvalue weighted by Crippen LogP contribution is -2.39. The highest BCUT2D eigenvalue weighted by molar-refractivity contribution is 7.13. The minimum absolute atomic E-state index is 0.0896. The van der Waals surface area contributed by atoms with Gasteiger partial charge in [0.2, 0.25) is 0 Å². The van der Waals surface area contributed by atoms with E-state index in [-0.39, 0.29) is 11.7 Å². The van der Waals surface area contributed by atoms with Gasteiger partial charge < -0.3 is 10.1 Å². The molecule has 3 aromatic rings. The van der Waals surface area contributed by atoms with Gasteiger partial charge in [0, 0.05) is 23.9 Å². The average molecular weight is 399 g/mol. The first-order chi connectivity index (χ1) is 13.6. The van der Waals surface area contributed by atoms with Crippen LogP contribution in [0.4, 0.5) is 4.39 Å². The highest BCUT2D eigenvalue weighted by Crippen LogP contribution is 2.24. The zero-order chi connectivity index (χ0) is 19.9. The third-order valence-electron chi connectivity index (χ3n) is 4.30. The molecule has 0 aliphatic heterocycles. The predicted molar refractivity (Wildman–Crippen MR) is 110 cm³/mol. The second-order valence-electron chi connectivity index (χ2n) is 6.50. The van der Waals surface area contributed by atoms with Crippen LogP contribution >= 0.6 is 11.3 Å². The number of nitrogens with zero attached hydrogens (tertiary/aromatic N) is 1. The number of thiazole rings is 1. The van der Waals surface area contributed by atoms with Crippen molar-refractivity contribution < 1.29 is 13.9 Å². The number of benzene rings is 2. The molecule has 1 atom stereocenters. The Labute approximate surface area is 168 Å². The molecule has 2 aromatic carbocycles. The van der Waals surface area contributed by atoms with E-state index in [0.717, 1.165) is 16.3 Å². The van der Waals surface area contributed by atoms with E-state index in [4.69, 9.17) is 4.74 Å². The Morgan fingerprint density at radius 2 is 1.96 bits per heavy atom. The van der Waals surface area contributed by atoms with Crippen LogP contribution in [0.3, 0.4) is 0 Å². The van der Waals surface area contributed by atoms with Crippen LogP contribution in [-0.2, 0) is 11.2 Å². The molecule has 0 saturated heterocycles. The molecule has 0 radical (unpaired) electrons. The monoisotopic (exact) mass is 398 g/mol. The SMILES string of the molecule is CCC(Oc1ccccc1F)C(=O)NCCc1csc(-c2ccc(C)cc2)n1. The van der Waals surface area contributed by atoms with E-state index in [9.17, 15) is 9.18 Å². The van der Waals surface area contributed by atoms with Gasteiger partial charge in [0.15, 0.2) is 17.7 Å². The molecule has 1 aromatic heterocycles. The third-order valence-corrected chi connectivity index (χ3v) is 5.24.